The molecule has 3 aromatic rings. The molecule has 0 amide bonds. The summed E-state index contributed by atoms with van der Waals surface area (Å²) in [7, 11) is 0. The lowest BCUT2D eigenvalue weighted by atomic mass is 10.0. The summed E-state index contributed by atoms with van der Waals surface area (Å²) < 4.78 is 7.91. The highest BCUT2D eigenvalue weighted by molar-refractivity contribution is 14.1. The van der Waals surface area contributed by atoms with E-state index in [4.69, 9.17) is 21.6 Å². The summed E-state index contributed by atoms with van der Waals surface area (Å²) in [5, 5.41) is 19.2. The minimum atomic E-state index is 0.384. The third-order valence-electron chi connectivity index (χ3n) is 4.11. The van der Waals surface area contributed by atoms with E-state index in [0.29, 0.717) is 22.8 Å². The van der Waals surface area contributed by atoms with Crippen LogP contribution >= 0.6 is 56.8 Å². The molecule has 0 heterocycles. The summed E-state index contributed by atoms with van der Waals surface area (Å²) in [6, 6.07) is 22.9. The number of nitriles is 2. The van der Waals surface area contributed by atoms with Gasteiger partial charge in [-0.1, -0.05) is 41.9 Å². The predicted molar refractivity (Wildman–Crippen MR) is 132 cm³/mol. The Balaban J connectivity index is 1.86. The van der Waals surface area contributed by atoms with E-state index in [9.17, 15) is 5.26 Å². The van der Waals surface area contributed by atoms with E-state index in [1.807, 2.05) is 42.5 Å². The lowest BCUT2D eigenvalue weighted by Crippen LogP contribution is -2.00. The maximum atomic E-state index is 9.57. The van der Waals surface area contributed by atoms with E-state index < -0.39 is 0 Å². The van der Waals surface area contributed by atoms with E-state index in [2.05, 4.69) is 57.3 Å². The molecule has 0 atom stereocenters. The fourth-order valence-electron chi connectivity index (χ4n) is 2.64. The second kappa shape index (κ2) is 10.1. The van der Waals surface area contributed by atoms with Crippen LogP contribution in [0.1, 0.15) is 22.3 Å². The quantitative estimate of drug-likeness (QED) is 0.174. The molecule has 3 nitrogen and oxygen atoms in total. The maximum Gasteiger partial charge on any atom is 0.146 e. The number of hydrogen-bond acceptors (Lipinski definition) is 3. The second-order valence-corrected chi connectivity index (χ2v) is 8.78. The molecule has 3 rings (SSSR count). The molecule has 0 bridgehead atoms. The number of hydrogen-bond donors (Lipinski definition) is 0. The summed E-state index contributed by atoms with van der Waals surface area (Å²) in [6.45, 7) is 0.384. The average Bonchev–Trinajstić information content (AvgIpc) is 2.72. The summed E-state index contributed by atoms with van der Waals surface area (Å²) >= 11 is 10.7. The molecule has 0 unspecified atom stereocenters. The van der Waals surface area contributed by atoms with Crippen molar-refractivity contribution >= 4 is 68.4 Å². The van der Waals surface area contributed by atoms with Gasteiger partial charge in [-0.3, -0.25) is 0 Å². The molecule has 0 radical (unpaired) electrons. The van der Waals surface area contributed by atoms with Crippen LogP contribution in [0.5, 0.6) is 5.75 Å². The minimum absolute atomic E-state index is 0.384. The fraction of sp³-hybridized carbons (Fsp3) is 0.0435. The van der Waals surface area contributed by atoms with Gasteiger partial charge in [0.2, 0.25) is 0 Å². The summed E-state index contributed by atoms with van der Waals surface area (Å²) in [6.07, 6.45) is 1.84. The highest BCUT2D eigenvalue weighted by Gasteiger charge is 2.11. The SMILES string of the molecule is N#C/C(=C/c1cc(I)c(OCc2ccccc2Cl)c(I)c1)c1ccc(C#N)cc1. The summed E-state index contributed by atoms with van der Waals surface area (Å²) in [5.74, 6) is 0.792. The van der Waals surface area contributed by atoms with Gasteiger partial charge in [-0.25, -0.2) is 0 Å². The van der Waals surface area contributed by atoms with Crippen molar-refractivity contribution in [2.75, 3.05) is 0 Å². The largest absolute Gasteiger partial charge is 0.487 e. The van der Waals surface area contributed by atoms with Gasteiger partial charge < -0.3 is 4.74 Å². The summed E-state index contributed by atoms with van der Waals surface area (Å²) in [4.78, 5) is 0. The van der Waals surface area contributed by atoms with Crippen LogP contribution in [0.25, 0.3) is 11.6 Å². The van der Waals surface area contributed by atoms with Gasteiger partial charge >= 0.3 is 0 Å². The fourth-order valence-corrected chi connectivity index (χ4v) is 4.96. The van der Waals surface area contributed by atoms with Gasteiger partial charge in [0, 0.05) is 10.6 Å². The first-order chi connectivity index (χ1) is 14.0. The van der Waals surface area contributed by atoms with Crippen molar-refractivity contribution < 1.29 is 4.74 Å². The van der Waals surface area contributed by atoms with E-state index in [1.54, 1.807) is 24.3 Å². The van der Waals surface area contributed by atoms with Crippen molar-refractivity contribution in [2.45, 2.75) is 6.61 Å². The van der Waals surface area contributed by atoms with Crippen LogP contribution in [-0.4, -0.2) is 0 Å². The van der Waals surface area contributed by atoms with Gasteiger partial charge in [0.05, 0.1) is 30.4 Å². The highest BCUT2D eigenvalue weighted by Crippen LogP contribution is 2.32. The van der Waals surface area contributed by atoms with Gasteiger partial charge in [-0.2, -0.15) is 10.5 Å². The summed E-state index contributed by atoms with van der Waals surface area (Å²) in [5.41, 5.74) is 3.71. The van der Waals surface area contributed by atoms with E-state index in [1.165, 1.54) is 0 Å². The second-order valence-electron chi connectivity index (χ2n) is 6.05. The van der Waals surface area contributed by atoms with Crippen molar-refractivity contribution in [3.05, 3.63) is 95.1 Å². The molecule has 0 aliphatic rings. The molecule has 0 fully saturated rings. The molecule has 0 aromatic heterocycles. The Morgan fingerprint density at radius 2 is 1.66 bits per heavy atom. The van der Waals surface area contributed by atoms with Crippen molar-refractivity contribution in [2.24, 2.45) is 0 Å². The smallest absolute Gasteiger partial charge is 0.146 e. The molecule has 3 aromatic carbocycles. The van der Waals surface area contributed by atoms with Crippen LogP contribution in [0.15, 0.2) is 60.7 Å². The van der Waals surface area contributed by atoms with Gasteiger partial charge in [0.25, 0.3) is 0 Å². The average molecular weight is 623 g/mol. The van der Waals surface area contributed by atoms with E-state index in [0.717, 1.165) is 29.6 Å². The zero-order valence-electron chi connectivity index (χ0n) is 15.0. The standard InChI is InChI=1S/C23H13ClI2N2O/c24-20-4-2-1-3-18(20)14-29-23-21(25)10-16(11-22(23)26)9-19(13-28)17-7-5-15(12-27)6-8-17/h1-11H,14H2/b19-9-. The van der Waals surface area contributed by atoms with Crippen molar-refractivity contribution in [1.29, 1.82) is 10.5 Å². The van der Waals surface area contributed by atoms with Gasteiger partial charge in [-0.15, -0.1) is 0 Å². The first-order valence-corrected chi connectivity index (χ1v) is 11.0. The Kier molecular flexibility index (Phi) is 7.54. The molecule has 29 heavy (non-hydrogen) atoms. The topological polar surface area (TPSA) is 56.8 Å². The zero-order valence-corrected chi connectivity index (χ0v) is 20.1. The Hall–Kier alpha value is -2.07. The molecule has 0 spiro atoms. The van der Waals surface area contributed by atoms with Crippen LogP contribution in [0.3, 0.4) is 0 Å². The first kappa shape index (κ1) is 21.6. The Labute approximate surface area is 201 Å². The van der Waals surface area contributed by atoms with Crippen molar-refractivity contribution in [3.63, 3.8) is 0 Å². The Morgan fingerprint density at radius 3 is 2.24 bits per heavy atom. The maximum absolute atomic E-state index is 9.57. The molecule has 0 saturated carbocycles. The van der Waals surface area contributed by atoms with Crippen LogP contribution in [-0.2, 0) is 6.61 Å². The minimum Gasteiger partial charge on any atom is -0.487 e. The lowest BCUT2D eigenvalue weighted by molar-refractivity contribution is 0.302. The van der Waals surface area contributed by atoms with Crippen molar-refractivity contribution in [3.8, 4) is 17.9 Å². The molecule has 0 aliphatic carbocycles. The number of nitrogens with zero attached hydrogens (tertiary/aromatic N) is 2. The number of ether oxygens (including phenoxy) is 1. The van der Waals surface area contributed by atoms with Crippen LogP contribution < -0.4 is 4.74 Å². The molecule has 0 saturated heterocycles. The third-order valence-corrected chi connectivity index (χ3v) is 6.08. The third kappa shape index (κ3) is 5.51. The van der Waals surface area contributed by atoms with Crippen LogP contribution in [0.4, 0.5) is 0 Å². The van der Waals surface area contributed by atoms with Gasteiger partial charge in [-0.05, 0) is 92.7 Å². The monoisotopic (exact) mass is 622 g/mol. The first-order valence-electron chi connectivity index (χ1n) is 8.49. The number of halogens is 3. The number of benzene rings is 3. The predicted octanol–water partition coefficient (Wildman–Crippen LogP) is 7.06. The van der Waals surface area contributed by atoms with Crippen LogP contribution in [0.2, 0.25) is 5.02 Å². The highest BCUT2D eigenvalue weighted by atomic mass is 127. The molecule has 6 heteroatoms. The van der Waals surface area contributed by atoms with Gasteiger partial charge in [0.1, 0.15) is 12.4 Å². The van der Waals surface area contributed by atoms with E-state index >= 15 is 0 Å². The molecule has 0 N–H and O–H groups in total. The zero-order chi connectivity index (χ0) is 20.8. The lowest BCUT2D eigenvalue weighted by Gasteiger charge is -2.12. The number of allylic oxidation sites excluding steroid dienone is 1. The molecular formula is C23H13ClI2N2O. The Morgan fingerprint density at radius 1 is 1.00 bits per heavy atom. The normalized spacial score (nSPS) is 10.9. The Bertz CT molecular complexity index is 1140. The molecule has 142 valence electrons. The van der Waals surface area contributed by atoms with E-state index in [-0.39, 0.29) is 0 Å². The number of rotatable bonds is 5. The molecule has 0 aliphatic heterocycles. The van der Waals surface area contributed by atoms with Crippen molar-refractivity contribution in [1.82, 2.24) is 0 Å². The van der Waals surface area contributed by atoms with Gasteiger partial charge in [0.15, 0.2) is 0 Å². The van der Waals surface area contributed by atoms with Crippen LogP contribution in [0, 0.1) is 29.8 Å². The molecular weight excluding hydrogens is 610 g/mol.